The molecule has 94 valence electrons. The molecule has 1 aliphatic rings. The Morgan fingerprint density at radius 1 is 1.41 bits per heavy atom. The second kappa shape index (κ2) is 4.66. The molecule has 17 heavy (non-hydrogen) atoms. The molecule has 1 atom stereocenters. The summed E-state index contributed by atoms with van der Waals surface area (Å²) in [6.07, 6.45) is 0. The van der Waals surface area contributed by atoms with Crippen LogP contribution in [0.5, 0.6) is 5.75 Å². The fraction of sp³-hybridized carbons (Fsp3) is 0.500. The van der Waals surface area contributed by atoms with Crippen LogP contribution in [0.4, 0.5) is 0 Å². The minimum atomic E-state index is -2.87. The molecule has 1 N–H and O–H groups in total. The zero-order chi connectivity index (χ0) is 12.5. The Morgan fingerprint density at radius 3 is 2.76 bits per heavy atom. The van der Waals surface area contributed by atoms with Crippen molar-refractivity contribution in [3.63, 3.8) is 0 Å². The molecule has 0 aromatic heterocycles. The molecule has 1 aliphatic heterocycles. The van der Waals surface area contributed by atoms with Crippen LogP contribution < -0.4 is 0 Å². The van der Waals surface area contributed by atoms with Crippen molar-refractivity contribution >= 4 is 9.84 Å². The molecule has 0 spiro atoms. The fourth-order valence-corrected chi connectivity index (χ4v) is 3.76. The molecule has 1 unspecified atom stereocenters. The first kappa shape index (κ1) is 12.4. The van der Waals surface area contributed by atoms with Gasteiger partial charge in [0.15, 0.2) is 9.84 Å². The Kier molecular flexibility index (Phi) is 3.40. The molecule has 0 saturated carbocycles. The van der Waals surface area contributed by atoms with Crippen LogP contribution in [0, 0.1) is 0 Å². The number of nitrogens with zero attached hydrogens (tertiary/aromatic N) is 1. The predicted octanol–water partition coefficient (Wildman–Crippen LogP) is 1.01. The minimum absolute atomic E-state index is 0.00774. The normalized spacial score (nSPS) is 24.6. The maximum atomic E-state index is 11.4. The van der Waals surface area contributed by atoms with Gasteiger partial charge in [0, 0.05) is 24.7 Å². The van der Waals surface area contributed by atoms with Crippen LogP contribution >= 0.6 is 0 Å². The number of para-hydroxylation sites is 1. The average Bonchev–Trinajstić information content (AvgIpc) is 2.24. The summed E-state index contributed by atoms with van der Waals surface area (Å²) in [6.45, 7) is 3.05. The lowest BCUT2D eigenvalue weighted by atomic mass is 10.1. The predicted molar refractivity (Wildman–Crippen MR) is 66.6 cm³/mol. The molecule has 1 saturated heterocycles. The molecule has 0 amide bonds. The van der Waals surface area contributed by atoms with Gasteiger partial charge in [-0.1, -0.05) is 18.2 Å². The lowest BCUT2D eigenvalue weighted by Crippen LogP contribution is -2.46. The van der Waals surface area contributed by atoms with E-state index in [1.165, 1.54) is 0 Å². The van der Waals surface area contributed by atoms with E-state index in [0.717, 1.165) is 5.56 Å². The van der Waals surface area contributed by atoms with Gasteiger partial charge in [-0.3, -0.25) is 4.90 Å². The van der Waals surface area contributed by atoms with Crippen molar-refractivity contribution in [2.75, 3.05) is 18.1 Å². The van der Waals surface area contributed by atoms with Crippen LogP contribution in [0.25, 0.3) is 0 Å². The Bertz CT molecular complexity index is 498. The summed E-state index contributed by atoms with van der Waals surface area (Å²) in [5.41, 5.74) is 0.846. The summed E-state index contributed by atoms with van der Waals surface area (Å²) in [4.78, 5) is 2.09. The van der Waals surface area contributed by atoms with Gasteiger partial charge in [-0.2, -0.15) is 0 Å². The summed E-state index contributed by atoms with van der Waals surface area (Å²) >= 11 is 0. The lowest BCUT2D eigenvalue weighted by molar-refractivity contribution is 0.215. The first-order valence-electron chi connectivity index (χ1n) is 5.69. The highest BCUT2D eigenvalue weighted by atomic mass is 32.2. The van der Waals surface area contributed by atoms with Gasteiger partial charge in [-0.15, -0.1) is 0 Å². The van der Waals surface area contributed by atoms with Crippen molar-refractivity contribution in [2.45, 2.75) is 19.5 Å². The molecule has 1 heterocycles. The first-order chi connectivity index (χ1) is 7.98. The second-order valence-corrected chi connectivity index (χ2v) is 6.79. The maximum absolute atomic E-state index is 11.4. The molecule has 0 radical (unpaired) electrons. The summed E-state index contributed by atoms with van der Waals surface area (Å²) < 4.78 is 22.9. The quantitative estimate of drug-likeness (QED) is 0.857. The topological polar surface area (TPSA) is 57.6 Å². The maximum Gasteiger partial charge on any atom is 0.153 e. The molecule has 5 heteroatoms. The Labute approximate surface area is 102 Å². The Hall–Kier alpha value is -1.07. The number of benzene rings is 1. The summed E-state index contributed by atoms with van der Waals surface area (Å²) in [7, 11) is -2.87. The van der Waals surface area contributed by atoms with Crippen molar-refractivity contribution in [1.29, 1.82) is 0 Å². The third-order valence-electron chi connectivity index (χ3n) is 3.17. The molecular formula is C12H17NO3S. The van der Waals surface area contributed by atoms with Crippen LogP contribution in [0.15, 0.2) is 24.3 Å². The molecule has 4 nitrogen and oxygen atoms in total. The van der Waals surface area contributed by atoms with Crippen molar-refractivity contribution in [2.24, 2.45) is 0 Å². The van der Waals surface area contributed by atoms with E-state index in [0.29, 0.717) is 13.1 Å². The number of aromatic hydroxyl groups is 1. The largest absolute Gasteiger partial charge is 0.508 e. The van der Waals surface area contributed by atoms with Gasteiger partial charge in [0.1, 0.15) is 5.75 Å². The van der Waals surface area contributed by atoms with Gasteiger partial charge in [-0.25, -0.2) is 8.42 Å². The molecular weight excluding hydrogens is 238 g/mol. The number of phenolic OH excluding ortho intramolecular Hbond substituents is 1. The summed E-state index contributed by atoms with van der Waals surface area (Å²) in [5.74, 6) is 0.694. The molecule has 0 bridgehead atoms. The fourth-order valence-electron chi connectivity index (χ4n) is 2.13. The van der Waals surface area contributed by atoms with E-state index in [1.54, 1.807) is 12.1 Å². The molecule has 2 rings (SSSR count). The van der Waals surface area contributed by atoms with Gasteiger partial charge < -0.3 is 5.11 Å². The van der Waals surface area contributed by atoms with Crippen LogP contribution in [-0.4, -0.2) is 42.5 Å². The van der Waals surface area contributed by atoms with Crippen LogP contribution in [-0.2, 0) is 16.4 Å². The van der Waals surface area contributed by atoms with E-state index >= 15 is 0 Å². The molecule has 1 aromatic carbocycles. The SMILES string of the molecule is CC1CS(=O)(=O)CCN1Cc1ccccc1O. The standard InChI is InChI=1S/C12H17NO3S/c1-10-9-17(15,16)7-6-13(10)8-11-4-2-3-5-12(11)14/h2-5,10,14H,6-9H2,1H3. The highest BCUT2D eigenvalue weighted by Gasteiger charge is 2.28. The lowest BCUT2D eigenvalue weighted by Gasteiger charge is -2.33. The third-order valence-corrected chi connectivity index (χ3v) is 4.97. The average molecular weight is 255 g/mol. The smallest absolute Gasteiger partial charge is 0.153 e. The highest BCUT2D eigenvalue weighted by Crippen LogP contribution is 2.21. The zero-order valence-electron chi connectivity index (χ0n) is 9.83. The monoisotopic (exact) mass is 255 g/mol. The van der Waals surface area contributed by atoms with Crippen molar-refractivity contribution in [1.82, 2.24) is 4.90 Å². The van der Waals surface area contributed by atoms with E-state index in [-0.39, 0.29) is 23.3 Å². The van der Waals surface area contributed by atoms with Crippen molar-refractivity contribution in [3.8, 4) is 5.75 Å². The molecule has 1 fully saturated rings. The van der Waals surface area contributed by atoms with Gasteiger partial charge in [-0.05, 0) is 13.0 Å². The zero-order valence-corrected chi connectivity index (χ0v) is 10.7. The number of hydrogen-bond acceptors (Lipinski definition) is 4. The van der Waals surface area contributed by atoms with Gasteiger partial charge in [0.2, 0.25) is 0 Å². The molecule has 0 aliphatic carbocycles. The van der Waals surface area contributed by atoms with Crippen molar-refractivity contribution < 1.29 is 13.5 Å². The number of sulfone groups is 1. The highest BCUT2D eigenvalue weighted by molar-refractivity contribution is 7.91. The van der Waals surface area contributed by atoms with E-state index in [4.69, 9.17) is 0 Å². The first-order valence-corrected chi connectivity index (χ1v) is 7.51. The second-order valence-electron chi connectivity index (χ2n) is 4.56. The van der Waals surface area contributed by atoms with Crippen LogP contribution in [0.2, 0.25) is 0 Å². The number of phenols is 1. The van der Waals surface area contributed by atoms with E-state index in [2.05, 4.69) is 4.90 Å². The Morgan fingerprint density at radius 2 is 2.12 bits per heavy atom. The van der Waals surface area contributed by atoms with Crippen LogP contribution in [0.3, 0.4) is 0 Å². The number of rotatable bonds is 2. The van der Waals surface area contributed by atoms with Gasteiger partial charge in [0.25, 0.3) is 0 Å². The van der Waals surface area contributed by atoms with Crippen LogP contribution in [0.1, 0.15) is 12.5 Å². The summed E-state index contributed by atoms with van der Waals surface area (Å²) in [5, 5.41) is 9.69. The van der Waals surface area contributed by atoms with Gasteiger partial charge >= 0.3 is 0 Å². The van der Waals surface area contributed by atoms with E-state index < -0.39 is 9.84 Å². The van der Waals surface area contributed by atoms with Gasteiger partial charge in [0.05, 0.1) is 11.5 Å². The minimum Gasteiger partial charge on any atom is -0.508 e. The van der Waals surface area contributed by atoms with E-state index in [9.17, 15) is 13.5 Å². The molecule has 1 aromatic rings. The third kappa shape index (κ3) is 2.98. The van der Waals surface area contributed by atoms with Crippen molar-refractivity contribution in [3.05, 3.63) is 29.8 Å². The number of hydrogen-bond donors (Lipinski definition) is 1. The Balaban J connectivity index is 2.08. The summed E-state index contributed by atoms with van der Waals surface area (Å²) in [6, 6.07) is 7.18. The van der Waals surface area contributed by atoms with E-state index in [1.807, 2.05) is 19.1 Å².